The Hall–Kier alpha value is -1.53. The molecule has 1 aliphatic rings. The molecule has 1 atom stereocenters. The van der Waals surface area contributed by atoms with Crippen LogP contribution in [0.2, 0.25) is 15.1 Å². The molecule has 1 fully saturated rings. The molecule has 0 saturated carbocycles. The predicted molar refractivity (Wildman–Crippen MR) is 108 cm³/mol. The molecule has 8 heteroatoms. The van der Waals surface area contributed by atoms with E-state index in [1.54, 1.807) is 24.4 Å². The lowest BCUT2D eigenvalue weighted by atomic mass is 10.2. The number of rotatable bonds is 4. The van der Waals surface area contributed by atoms with Gasteiger partial charge in [0.05, 0.1) is 21.8 Å². The first-order chi connectivity index (χ1) is 12.4. The van der Waals surface area contributed by atoms with E-state index in [-0.39, 0.29) is 11.9 Å². The number of nitrogens with zero attached hydrogens (tertiary/aromatic N) is 3. The van der Waals surface area contributed by atoms with E-state index in [1.165, 1.54) is 0 Å². The highest BCUT2D eigenvalue weighted by Crippen LogP contribution is 2.26. The smallest absolute Gasteiger partial charge is 0.241 e. The molecule has 2 aromatic rings. The molecule has 138 valence electrons. The molecule has 1 aliphatic heterocycles. The van der Waals surface area contributed by atoms with Gasteiger partial charge in [0.15, 0.2) is 0 Å². The Balaban J connectivity index is 1.56. The van der Waals surface area contributed by atoms with Gasteiger partial charge in [-0.2, -0.15) is 0 Å². The minimum Gasteiger partial charge on any atom is -0.354 e. The minimum atomic E-state index is -0.262. The van der Waals surface area contributed by atoms with Crippen LogP contribution >= 0.6 is 34.8 Å². The van der Waals surface area contributed by atoms with Gasteiger partial charge in [0.1, 0.15) is 5.82 Å². The molecule has 1 aromatic carbocycles. The predicted octanol–water partition coefficient (Wildman–Crippen LogP) is 4.19. The number of piperazine rings is 1. The van der Waals surface area contributed by atoms with E-state index >= 15 is 0 Å². The molecule has 3 rings (SSSR count). The quantitative estimate of drug-likeness (QED) is 0.816. The second-order valence-electron chi connectivity index (χ2n) is 6.15. The largest absolute Gasteiger partial charge is 0.354 e. The average molecular weight is 414 g/mol. The fourth-order valence-corrected chi connectivity index (χ4v) is 3.45. The zero-order valence-corrected chi connectivity index (χ0v) is 16.5. The molecule has 26 heavy (non-hydrogen) atoms. The molecule has 1 unspecified atom stereocenters. The summed E-state index contributed by atoms with van der Waals surface area (Å²) in [5.74, 6) is 0.811. The number of anilines is 2. The zero-order valence-electron chi connectivity index (χ0n) is 14.3. The second kappa shape index (κ2) is 8.44. The maximum atomic E-state index is 12.6. The summed E-state index contributed by atoms with van der Waals surface area (Å²) in [6.45, 7) is 5.04. The second-order valence-corrected chi connectivity index (χ2v) is 7.43. The van der Waals surface area contributed by atoms with Crippen LogP contribution in [0, 0.1) is 0 Å². The van der Waals surface area contributed by atoms with Gasteiger partial charge in [-0.1, -0.05) is 34.8 Å². The van der Waals surface area contributed by atoms with Crippen LogP contribution in [-0.2, 0) is 4.79 Å². The van der Waals surface area contributed by atoms with Gasteiger partial charge >= 0.3 is 0 Å². The number of hydrogen-bond acceptors (Lipinski definition) is 4. The number of aromatic nitrogens is 1. The molecule has 1 amide bonds. The first kappa shape index (κ1) is 19.2. The van der Waals surface area contributed by atoms with Gasteiger partial charge in [-0.25, -0.2) is 4.98 Å². The van der Waals surface area contributed by atoms with Crippen molar-refractivity contribution in [3.05, 3.63) is 51.6 Å². The normalized spacial score (nSPS) is 16.4. The fourth-order valence-electron chi connectivity index (χ4n) is 2.89. The van der Waals surface area contributed by atoms with Crippen molar-refractivity contribution in [2.75, 3.05) is 36.4 Å². The summed E-state index contributed by atoms with van der Waals surface area (Å²) in [7, 11) is 0. The maximum Gasteiger partial charge on any atom is 0.241 e. The van der Waals surface area contributed by atoms with Crippen molar-refractivity contribution >= 4 is 52.2 Å². The van der Waals surface area contributed by atoms with Gasteiger partial charge < -0.3 is 10.2 Å². The fraction of sp³-hybridized carbons (Fsp3) is 0.333. The lowest BCUT2D eigenvalue weighted by Crippen LogP contribution is -2.53. The molecular formula is C18H19Cl3N4O. The van der Waals surface area contributed by atoms with E-state index in [9.17, 15) is 4.79 Å². The first-order valence-electron chi connectivity index (χ1n) is 8.30. The van der Waals surface area contributed by atoms with E-state index in [2.05, 4.69) is 20.1 Å². The summed E-state index contributed by atoms with van der Waals surface area (Å²) in [6, 6.07) is 8.51. The third-order valence-corrected chi connectivity index (χ3v) is 5.24. The van der Waals surface area contributed by atoms with Gasteiger partial charge in [0.2, 0.25) is 5.91 Å². The van der Waals surface area contributed by atoms with E-state index in [0.717, 1.165) is 32.0 Å². The molecular weight excluding hydrogens is 395 g/mol. The number of carbonyl (C=O) groups is 1. The lowest BCUT2D eigenvalue weighted by Gasteiger charge is -2.38. The summed E-state index contributed by atoms with van der Waals surface area (Å²) in [6.07, 6.45) is 1.65. The number of carbonyl (C=O) groups excluding carboxylic acids is 1. The van der Waals surface area contributed by atoms with Crippen LogP contribution < -0.4 is 10.2 Å². The van der Waals surface area contributed by atoms with Crippen LogP contribution in [0.1, 0.15) is 6.92 Å². The minimum absolute atomic E-state index is 0.0905. The molecule has 0 radical (unpaired) electrons. The third kappa shape index (κ3) is 4.60. The van der Waals surface area contributed by atoms with Crippen LogP contribution in [0.4, 0.5) is 11.5 Å². The van der Waals surface area contributed by atoms with Crippen LogP contribution in [0.3, 0.4) is 0 Å². The van der Waals surface area contributed by atoms with Crippen molar-refractivity contribution in [1.82, 2.24) is 9.88 Å². The van der Waals surface area contributed by atoms with Crippen LogP contribution in [0.5, 0.6) is 0 Å². The Kier molecular flexibility index (Phi) is 6.24. The molecule has 0 aliphatic carbocycles. The van der Waals surface area contributed by atoms with Gasteiger partial charge in [0.25, 0.3) is 0 Å². The number of benzene rings is 1. The average Bonchev–Trinajstić information content (AvgIpc) is 2.64. The van der Waals surface area contributed by atoms with E-state index < -0.39 is 0 Å². The monoisotopic (exact) mass is 412 g/mol. The van der Waals surface area contributed by atoms with Gasteiger partial charge in [-0.15, -0.1) is 0 Å². The first-order valence-corrected chi connectivity index (χ1v) is 9.44. The van der Waals surface area contributed by atoms with Gasteiger partial charge in [-0.05, 0) is 37.3 Å². The summed E-state index contributed by atoms with van der Waals surface area (Å²) in [5, 5.41) is 4.46. The molecule has 2 heterocycles. The molecule has 1 saturated heterocycles. The third-order valence-electron chi connectivity index (χ3n) is 4.47. The van der Waals surface area contributed by atoms with Crippen LogP contribution in [0.25, 0.3) is 0 Å². The highest BCUT2D eigenvalue weighted by molar-refractivity contribution is 6.36. The maximum absolute atomic E-state index is 12.6. The van der Waals surface area contributed by atoms with E-state index in [0.29, 0.717) is 20.8 Å². The topological polar surface area (TPSA) is 48.5 Å². The molecule has 1 N–H and O–H groups in total. The standard InChI is InChI=1S/C18H19Cl3N4O/c1-12(18(26)23-16-4-2-13(19)10-15(16)21)24-6-8-25(9-7-24)17-5-3-14(20)11-22-17/h2-5,10-12H,6-9H2,1H3,(H,23,26). The lowest BCUT2D eigenvalue weighted by molar-refractivity contribution is -0.120. The van der Waals surface area contributed by atoms with Crippen LogP contribution in [0.15, 0.2) is 36.5 Å². The molecule has 0 bridgehead atoms. The molecule has 0 spiro atoms. The zero-order chi connectivity index (χ0) is 18.7. The summed E-state index contributed by atoms with van der Waals surface area (Å²) in [5.41, 5.74) is 0.567. The summed E-state index contributed by atoms with van der Waals surface area (Å²) in [4.78, 5) is 21.2. The number of amides is 1. The van der Waals surface area contributed by atoms with Crippen molar-refractivity contribution < 1.29 is 4.79 Å². The van der Waals surface area contributed by atoms with Crippen LogP contribution in [-0.4, -0.2) is 48.0 Å². The van der Waals surface area contributed by atoms with Crippen molar-refractivity contribution in [1.29, 1.82) is 0 Å². The van der Waals surface area contributed by atoms with E-state index in [4.69, 9.17) is 34.8 Å². The number of nitrogens with one attached hydrogen (secondary N) is 1. The highest BCUT2D eigenvalue weighted by atomic mass is 35.5. The molecule has 5 nitrogen and oxygen atoms in total. The van der Waals surface area contributed by atoms with Crippen molar-refractivity contribution in [3.63, 3.8) is 0 Å². The highest BCUT2D eigenvalue weighted by Gasteiger charge is 2.26. The van der Waals surface area contributed by atoms with Crippen molar-refractivity contribution in [3.8, 4) is 0 Å². The van der Waals surface area contributed by atoms with Crippen molar-refractivity contribution in [2.24, 2.45) is 0 Å². The molecule has 1 aromatic heterocycles. The Labute approximate surface area is 167 Å². The van der Waals surface area contributed by atoms with Gasteiger partial charge in [0, 0.05) is 37.4 Å². The Morgan fingerprint density at radius 2 is 1.77 bits per heavy atom. The van der Waals surface area contributed by atoms with E-state index in [1.807, 2.05) is 19.1 Å². The number of pyridine rings is 1. The Bertz CT molecular complexity index is 777. The number of halogens is 3. The summed E-state index contributed by atoms with van der Waals surface area (Å²) >= 11 is 17.9. The van der Waals surface area contributed by atoms with Crippen molar-refractivity contribution in [2.45, 2.75) is 13.0 Å². The Morgan fingerprint density at radius 1 is 1.08 bits per heavy atom. The number of hydrogen-bond donors (Lipinski definition) is 1. The summed E-state index contributed by atoms with van der Waals surface area (Å²) < 4.78 is 0. The van der Waals surface area contributed by atoms with Gasteiger partial charge in [-0.3, -0.25) is 9.69 Å². The SMILES string of the molecule is CC(C(=O)Nc1ccc(Cl)cc1Cl)N1CCN(c2ccc(Cl)cn2)CC1. The Morgan fingerprint density at radius 3 is 2.38 bits per heavy atom.